The highest BCUT2D eigenvalue weighted by atomic mass is 16.2. The minimum Gasteiger partial charge on any atom is -0.343 e. The molecule has 2 aliphatic rings. The summed E-state index contributed by atoms with van der Waals surface area (Å²) >= 11 is 0. The Morgan fingerprint density at radius 3 is 2.58 bits per heavy atom. The Hall–Kier alpha value is -0.650. The first kappa shape index (κ1) is 14.8. The van der Waals surface area contributed by atoms with Gasteiger partial charge in [-0.1, -0.05) is 0 Å². The lowest BCUT2D eigenvalue weighted by Crippen LogP contribution is -2.52. The number of nitrogens with one attached hydrogen (secondary N) is 1. The first-order valence-electron chi connectivity index (χ1n) is 7.43. The van der Waals surface area contributed by atoms with Gasteiger partial charge in [-0.2, -0.15) is 0 Å². The Morgan fingerprint density at radius 1 is 1.26 bits per heavy atom. The van der Waals surface area contributed by atoms with E-state index < -0.39 is 0 Å². The fourth-order valence-corrected chi connectivity index (χ4v) is 3.02. The molecular weight excluding hydrogens is 240 g/mol. The second-order valence-corrected chi connectivity index (χ2v) is 6.08. The van der Waals surface area contributed by atoms with Crippen LogP contribution >= 0.6 is 0 Å². The van der Waals surface area contributed by atoms with Crippen molar-refractivity contribution >= 4 is 5.91 Å². The predicted octanol–water partition coefficient (Wildman–Crippen LogP) is -0.167. The van der Waals surface area contributed by atoms with Crippen molar-refractivity contribution in [2.24, 2.45) is 0 Å². The molecule has 0 saturated carbocycles. The topological polar surface area (TPSA) is 38.8 Å². The Kier molecular flexibility index (Phi) is 5.19. The maximum Gasteiger partial charge on any atom is 0.224 e. The maximum absolute atomic E-state index is 12.4. The number of hydrogen-bond acceptors (Lipinski definition) is 4. The van der Waals surface area contributed by atoms with Crippen LogP contribution < -0.4 is 5.32 Å². The minimum absolute atomic E-state index is 0.301. The van der Waals surface area contributed by atoms with Crippen molar-refractivity contribution in [2.75, 3.05) is 53.9 Å². The van der Waals surface area contributed by atoms with Gasteiger partial charge in [-0.3, -0.25) is 4.79 Å². The standard InChI is InChI=1S/C14H28N4O/c1-16-7-4-12(5-8-16)18(3)14(19)10-13-11-15-6-9-17(13)2/h12-13,15H,4-11H2,1-3H3. The fraction of sp³-hybridized carbons (Fsp3) is 0.929. The van der Waals surface area contributed by atoms with Gasteiger partial charge in [0.15, 0.2) is 0 Å². The smallest absolute Gasteiger partial charge is 0.224 e. The van der Waals surface area contributed by atoms with Gasteiger partial charge in [0.05, 0.1) is 0 Å². The van der Waals surface area contributed by atoms with Gasteiger partial charge >= 0.3 is 0 Å². The zero-order chi connectivity index (χ0) is 13.8. The van der Waals surface area contributed by atoms with E-state index in [-0.39, 0.29) is 0 Å². The number of carbonyl (C=O) groups is 1. The monoisotopic (exact) mass is 268 g/mol. The van der Waals surface area contributed by atoms with Crippen LogP contribution in [-0.2, 0) is 4.79 Å². The molecule has 0 aliphatic carbocycles. The van der Waals surface area contributed by atoms with Crippen LogP contribution in [0.2, 0.25) is 0 Å². The summed E-state index contributed by atoms with van der Waals surface area (Å²) in [4.78, 5) is 19.0. The van der Waals surface area contributed by atoms with Crippen molar-refractivity contribution in [1.29, 1.82) is 0 Å². The lowest BCUT2D eigenvalue weighted by molar-refractivity contribution is -0.134. The van der Waals surface area contributed by atoms with Crippen molar-refractivity contribution < 1.29 is 4.79 Å². The molecule has 1 atom stereocenters. The van der Waals surface area contributed by atoms with Crippen LogP contribution in [0.5, 0.6) is 0 Å². The van der Waals surface area contributed by atoms with Gasteiger partial charge in [0.2, 0.25) is 5.91 Å². The van der Waals surface area contributed by atoms with E-state index in [9.17, 15) is 4.79 Å². The molecule has 1 amide bonds. The Labute approximate surface area is 116 Å². The number of rotatable bonds is 3. The largest absolute Gasteiger partial charge is 0.343 e. The van der Waals surface area contributed by atoms with Crippen LogP contribution in [0.3, 0.4) is 0 Å². The molecular formula is C14H28N4O. The molecule has 1 unspecified atom stereocenters. The van der Waals surface area contributed by atoms with E-state index in [0.717, 1.165) is 45.6 Å². The average molecular weight is 268 g/mol. The lowest BCUT2D eigenvalue weighted by atomic mass is 10.0. The fourth-order valence-electron chi connectivity index (χ4n) is 3.02. The number of carbonyl (C=O) groups excluding carboxylic acids is 1. The van der Waals surface area contributed by atoms with E-state index in [4.69, 9.17) is 0 Å². The molecule has 5 nitrogen and oxygen atoms in total. The van der Waals surface area contributed by atoms with E-state index in [2.05, 4.69) is 29.2 Å². The molecule has 0 spiro atoms. The third kappa shape index (κ3) is 3.91. The molecule has 19 heavy (non-hydrogen) atoms. The number of nitrogens with zero attached hydrogens (tertiary/aromatic N) is 3. The molecule has 1 N–H and O–H groups in total. The molecule has 2 saturated heterocycles. The maximum atomic E-state index is 12.4. The van der Waals surface area contributed by atoms with Crippen LogP contribution in [0.4, 0.5) is 0 Å². The molecule has 110 valence electrons. The molecule has 0 aromatic carbocycles. The van der Waals surface area contributed by atoms with E-state index in [1.165, 1.54) is 0 Å². The number of hydrogen-bond donors (Lipinski definition) is 1. The van der Waals surface area contributed by atoms with Crippen molar-refractivity contribution in [1.82, 2.24) is 20.0 Å². The molecule has 5 heteroatoms. The summed E-state index contributed by atoms with van der Waals surface area (Å²) in [6.45, 7) is 5.21. The van der Waals surface area contributed by atoms with E-state index in [1.807, 2.05) is 11.9 Å². The van der Waals surface area contributed by atoms with Crippen LogP contribution in [0.15, 0.2) is 0 Å². The molecule has 2 heterocycles. The second kappa shape index (κ2) is 6.68. The number of amides is 1. The van der Waals surface area contributed by atoms with Gasteiger partial charge < -0.3 is 20.0 Å². The highest BCUT2D eigenvalue weighted by Gasteiger charge is 2.27. The highest BCUT2D eigenvalue weighted by Crippen LogP contribution is 2.16. The van der Waals surface area contributed by atoms with Gasteiger partial charge in [0, 0.05) is 45.2 Å². The number of likely N-dealkylation sites (N-methyl/N-ethyl adjacent to an activating group) is 1. The van der Waals surface area contributed by atoms with Crippen molar-refractivity contribution in [3.05, 3.63) is 0 Å². The molecule has 0 bridgehead atoms. The number of piperidine rings is 1. The van der Waals surface area contributed by atoms with Gasteiger partial charge in [-0.05, 0) is 40.0 Å². The normalized spacial score (nSPS) is 27.4. The quantitative estimate of drug-likeness (QED) is 0.771. The van der Waals surface area contributed by atoms with Gasteiger partial charge in [0.25, 0.3) is 0 Å². The molecule has 0 aromatic heterocycles. The SMILES string of the molecule is CN1CCC(N(C)C(=O)CC2CNCCN2C)CC1. The third-order valence-electron chi connectivity index (χ3n) is 4.68. The first-order chi connectivity index (χ1) is 9.08. The zero-order valence-corrected chi connectivity index (χ0v) is 12.6. The summed E-state index contributed by atoms with van der Waals surface area (Å²) in [5.74, 6) is 0.301. The minimum atomic E-state index is 0.301. The van der Waals surface area contributed by atoms with Crippen molar-refractivity contribution in [2.45, 2.75) is 31.3 Å². The number of likely N-dealkylation sites (tertiary alicyclic amines) is 1. The Morgan fingerprint density at radius 2 is 1.95 bits per heavy atom. The van der Waals surface area contributed by atoms with Crippen LogP contribution in [0, 0.1) is 0 Å². The molecule has 2 aliphatic heterocycles. The first-order valence-corrected chi connectivity index (χ1v) is 7.43. The predicted molar refractivity (Wildman–Crippen MR) is 77.2 cm³/mol. The number of piperazine rings is 1. The van der Waals surface area contributed by atoms with Crippen LogP contribution in [-0.4, -0.2) is 86.6 Å². The van der Waals surface area contributed by atoms with E-state index in [0.29, 0.717) is 24.4 Å². The van der Waals surface area contributed by atoms with Gasteiger partial charge in [-0.15, -0.1) is 0 Å². The second-order valence-electron chi connectivity index (χ2n) is 6.08. The third-order valence-corrected chi connectivity index (χ3v) is 4.68. The summed E-state index contributed by atoms with van der Waals surface area (Å²) in [6, 6.07) is 0.792. The summed E-state index contributed by atoms with van der Waals surface area (Å²) in [5, 5.41) is 3.38. The summed E-state index contributed by atoms with van der Waals surface area (Å²) in [7, 11) is 6.25. The van der Waals surface area contributed by atoms with Gasteiger partial charge in [-0.25, -0.2) is 0 Å². The Bertz CT molecular complexity index is 302. The van der Waals surface area contributed by atoms with Crippen molar-refractivity contribution in [3.63, 3.8) is 0 Å². The van der Waals surface area contributed by atoms with Gasteiger partial charge in [0.1, 0.15) is 0 Å². The highest BCUT2D eigenvalue weighted by molar-refractivity contribution is 5.77. The van der Waals surface area contributed by atoms with Crippen LogP contribution in [0.1, 0.15) is 19.3 Å². The average Bonchev–Trinajstić information content (AvgIpc) is 2.41. The zero-order valence-electron chi connectivity index (χ0n) is 12.6. The molecule has 0 aromatic rings. The molecule has 0 radical (unpaired) electrons. The molecule has 2 rings (SSSR count). The summed E-state index contributed by atoms with van der Waals surface area (Å²) in [5.41, 5.74) is 0. The molecule has 2 fully saturated rings. The summed E-state index contributed by atoms with van der Waals surface area (Å²) in [6.07, 6.45) is 2.86. The van der Waals surface area contributed by atoms with Crippen molar-refractivity contribution in [3.8, 4) is 0 Å². The van der Waals surface area contributed by atoms with E-state index in [1.54, 1.807) is 0 Å². The Balaban J connectivity index is 1.81. The lowest BCUT2D eigenvalue weighted by Gasteiger charge is -2.37. The van der Waals surface area contributed by atoms with E-state index >= 15 is 0 Å². The summed E-state index contributed by atoms with van der Waals surface area (Å²) < 4.78 is 0. The van der Waals surface area contributed by atoms with Crippen LogP contribution in [0.25, 0.3) is 0 Å².